The van der Waals surface area contributed by atoms with Crippen molar-refractivity contribution in [3.8, 4) is 5.75 Å². The van der Waals surface area contributed by atoms with Crippen LogP contribution in [-0.4, -0.2) is 17.4 Å². The monoisotopic (exact) mass is 310 g/mol. The van der Waals surface area contributed by atoms with Crippen molar-refractivity contribution in [2.75, 3.05) is 0 Å². The lowest BCUT2D eigenvalue weighted by Crippen LogP contribution is -2.15. The number of rotatable bonds is 7. The fourth-order valence-corrected chi connectivity index (χ4v) is 2.12. The van der Waals surface area contributed by atoms with E-state index in [2.05, 4.69) is 23.6 Å². The molecular weight excluding hydrogens is 288 g/mol. The predicted octanol–water partition coefficient (Wildman–Crippen LogP) is 4.50. The van der Waals surface area contributed by atoms with Crippen molar-refractivity contribution in [1.29, 1.82) is 0 Å². The lowest BCUT2D eigenvalue weighted by molar-refractivity contribution is -0.205. The van der Waals surface area contributed by atoms with E-state index < -0.39 is 12.3 Å². The Kier molecular flexibility index (Phi) is 7.81. The number of benzene rings is 1. The van der Waals surface area contributed by atoms with Gasteiger partial charge >= 0.3 is 12.3 Å². The molecule has 6 heteroatoms. The minimum atomic E-state index is -1.71. The molecule has 0 heterocycles. The third-order valence-corrected chi connectivity index (χ3v) is 3.18. The molecule has 0 aliphatic carbocycles. The van der Waals surface area contributed by atoms with Gasteiger partial charge in [0.25, 0.3) is 0 Å². The molecule has 0 aromatic heterocycles. The van der Waals surface area contributed by atoms with Crippen molar-refractivity contribution in [3.63, 3.8) is 0 Å². The first-order valence-corrected chi connectivity index (χ1v) is 7.48. The molecule has 122 valence electrons. The first-order chi connectivity index (χ1) is 10.6. The van der Waals surface area contributed by atoms with Crippen LogP contribution in [0.15, 0.2) is 18.2 Å². The van der Waals surface area contributed by atoms with Gasteiger partial charge in [0.1, 0.15) is 5.75 Å². The van der Waals surface area contributed by atoms with Gasteiger partial charge in [-0.3, -0.25) is 0 Å². The maximum Gasteiger partial charge on any atom is 0.555 e. The zero-order chi connectivity index (χ0) is 16.4. The molecule has 1 N–H and O–H groups in total. The average Bonchev–Trinajstić information content (AvgIpc) is 2.50. The number of ether oxygens (including phenoxy) is 1. The summed E-state index contributed by atoms with van der Waals surface area (Å²) < 4.78 is 5.06. The second-order valence-electron chi connectivity index (χ2n) is 4.89. The van der Waals surface area contributed by atoms with E-state index in [1.54, 1.807) is 12.1 Å². The number of hydrogen-bond donors (Lipinski definition) is 1. The molecule has 6 nitrogen and oxygen atoms in total. The lowest BCUT2D eigenvalue weighted by atomic mass is 9.97. The van der Waals surface area contributed by atoms with E-state index in [0.717, 1.165) is 49.7 Å². The van der Waals surface area contributed by atoms with Gasteiger partial charge in [0.05, 0.1) is 0 Å². The highest BCUT2D eigenvalue weighted by molar-refractivity contribution is 5.66. The van der Waals surface area contributed by atoms with E-state index in [-0.39, 0.29) is 0 Å². The average molecular weight is 310 g/mol. The molecule has 0 radical (unpaired) electrons. The molecule has 0 spiro atoms. The molecule has 0 saturated heterocycles. The smallest absolute Gasteiger partial charge is 0.447 e. The van der Waals surface area contributed by atoms with Crippen LogP contribution >= 0.6 is 0 Å². The quantitative estimate of drug-likeness (QED) is 0.345. The summed E-state index contributed by atoms with van der Waals surface area (Å²) in [4.78, 5) is 29.4. The Hall–Kier alpha value is -2.24. The Morgan fingerprint density at radius 3 is 2.36 bits per heavy atom. The summed E-state index contributed by atoms with van der Waals surface area (Å²) in [7, 11) is 0. The molecule has 22 heavy (non-hydrogen) atoms. The summed E-state index contributed by atoms with van der Waals surface area (Å²) in [5, 5.41) is 8.29. The molecule has 0 amide bonds. The Bertz CT molecular complexity index is 497. The topological polar surface area (TPSA) is 82.1 Å². The van der Waals surface area contributed by atoms with Crippen molar-refractivity contribution in [1.82, 2.24) is 0 Å². The van der Waals surface area contributed by atoms with E-state index in [4.69, 9.17) is 9.84 Å². The Morgan fingerprint density at radius 2 is 1.73 bits per heavy atom. The van der Waals surface area contributed by atoms with Gasteiger partial charge in [-0.1, -0.05) is 38.8 Å². The molecule has 0 bridgehead atoms. The zero-order valence-corrected chi connectivity index (χ0v) is 13.0. The van der Waals surface area contributed by atoms with Crippen molar-refractivity contribution in [2.45, 2.75) is 52.4 Å². The summed E-state index contributed by atoms with van der Waals surface area (Å²) in [6.45, 7) is 4.21. The molecular formula is C16H22O6. The van der Waals surface area contributed by atoms with Crippen molar-refractivity contribution in [3.05, 3.63) is 29.3 Å². The van der Waals surface area contributed by atoms with Crippen LogP contribution in [0, 0.1) is 0 Å². The molecule has 1 aromatic rings. The fraction of sp³-hybridized carbons (Fsp3) is 0.500. The van der Waals surface area contributed by atoms with Crippen LogP contribution in [-0.2, 0) is 22.6 Å². The van der Waals surface area contributed by atoms with E-state index in [1.807, 2.05) is 6.07 Å². The second kappa shape index (κ2) is 9.65. The van der Waals surface area contributed by atoms with E-state index in [0.29, 0.717) is 5.75 Å². The molecule has 0 fully saturated rings. The van der Waals surface area contributed by atoms with Crippen molar-refractivity contribution in [2.24, 2.45) is 0 Å². The fourth-order valence-electron chi connectivity index (χ4n) is 2.12. The van der Waals surface area contributed by atoms with E-state index >= 15 is 0 Å². The minimum Gasteiger partial charge on any atom is -0.447 e. The SMILES string of the molecule is CCCCc1cccc(OC(=O)OOC(=O)O)c1CCCC. The first-order valence-electron chi connectivity index (χ1n) is 7.48. The summed E-state index contributed by atoms with van der Waals surface area (Å²) in [6, 6.07) is 5.50. The molecule has 0 saturated carbocycles. The van der Waals surface area contributed by atoms with Crippen LogP contribution in [0.5, 0.6) is 5.75 Å². The van der Waals surface area contributed by atoms with Crippen LogP contribution in [0.1, 0.15) is 50.7 Å². The first kappa shape index (κ1) is 17.8. The van der Waals surface area contributed by atoms with E-state index in [9.17, 15) is 9.59 Å². The highest BCUT2D eigenvalue weighted by Gasteiger charge is 2.15. The molecule has 0 aliphatic rings. The maximum absolute atomic E-state index is 11.4. The zero-order valence-electron chi connectivity index (χ0n) is 13.0. The minimum absolute atomic E-state index is 0.390. The summed E-state index contributed by atoms with van der Waals surface area (Å²) in [5.74, 6) is 0.390. The number of hydrogen-bond acceptors (Lipinski definition) is 5. The highest BCUT2D eigenvalue weighted by atomic mass is 17.3. The number of aryl methyl sites for hydroxylation is 1. The van der Waals surface area contributed by atoms with Crippen LogP contribution in [0.4, 0.5) is 9.59 Å². The van der Waals surface area contributed by atoms with Crippen LogP contribution in [0.25, 0.3) is 0 Å². The summed E-state index contributed by atoms with van der Waals surface area (Å²) in [6.07, 6.45) is 2.91. The largest absolute Gasteiger partial charge is 0.555 e. The predicted molar refractivity (Wildman–Crippen MR) is 79.9 cm³/mol. The molecule has 1 rings (SSSR count). The van der Waals surface area contributed by atoms with Gasteiger partial charge in [-0.15, -0.1) is 0 Å². The third-order valence-electron chi connectivity index (χ3n) is 3.18. The number of carbonyl (C=O) groups is 2. The van der Waals surface area contributed by atoms with Crippen LogP contribution in [0.2, 0.25) is 0 Å². The van der Waals surface area contributed by atoms with Crippen molar-refractivity contribution >= 4 is 12.3 Å². The van der Waals surface area contributed by atoms with Crippen LogP contribution < -0.4 is 4.74 Å². The van der Waals surface area contributed by atoms with Crippen LogP contribution in [0.3, 0.4) is 0 Å². The van der Waals surface area contributed by atoms with Gasteiger partial charge in [0.2, 0.25) is 0 Å². The van der Waals surface area contributed by atoms with Gasteiger partial charge in [0, 0.05) is 0 Å². The molecule has 1 aromatic carbocycles. The third kappa shape index (κ3) is 6.03. The van der Waals surface area contributed by atoms with Crippen molar-refractivity contribution < 1.29 is 29.2 Å². The lowest BCUT2D eigenvalue weighted by Gasteiger charge is -2.13. The van der Waals surface area contributed by atoms with Gasteiger partial charge in [-0.05, 0) is 42.9 Å². The second-order valence-corrected chi connectivity index (χ2v) is 4.89. The van der Waals surface area contributed by atoms with Gasteiger partial charge in [-0.25, -0.2) is 9.68 Å². The Morgan fingerprint density at radius 1 is 1.05 bits per heavy atom. The Labute approximate surface area is 129 Å². The summed E-state index contributed by atoms with van der Waals surface area (Å²) >= 11 is 0. The number of carboxylic acid groups (broad SMARTS) is 1. The molecule has 0 atom stereocenters. The Balaban J connectivity index is 2.86. The maximum atomic E-state index is 11.4. The highest BCUT2D eigenvalue weighted by Crippen LogP contribution is 2.26. The molecule has 0 unspecified atom stereocenters. The van der Waals surface area contributed by atoms with Gasteiger partial charge in [0.15, 0.2) is 0 Å². The van der Waals surface area contributed by atoms with Gasteiger partial charge in [-0.2, -0.15) is 9.68 Å². The number of carbonyl (C=O) groups excluding carboxylic acids is 1. The van der Waals surface area contributed by atoms with E-state index in [1.165, 1.54) is 0 Å². The molecule has 0 aliphatic heterocycles. The number of unbranched alkanes of at least 4 members (excludes halogenated alkanes) is 2. The standard InChI is InChI=1S/C16H22O6/c1-3-5-8-12-9-7-11-14(13(12)10-6-4-2)20-16(19)22-21-15(17)18/h7,9,11H,3-6,8,10H2,1-2H3,(H,17,18). The summed E-state index contributed by atoms with van der Waals surface area (Å²) in [5.41, 5.74) is 2.10. The van der Waals surface area contributed by atoms with Gasteiger partial charge < -0.3 is 9.84 Å². The normalized spacial score (nSPS) is 10.1.